The van der Waals surface area contributed by atoms with E-state index in [4.69, 9.17) is 10.2 Å². The van der Waals surface area contributed by atoms with Gasteiger partial charge in [-0.15, -0.1) is 0 Å². The van der Waals surface area contributed by atoms with E-state index < -0.39 is 0 Å². The van der Waals surface area contributed by atoms with E-state index in [9.17, 15) is 4.79 Å². The first kappa shape index (κ1) is 13.6. The summed E-state index contributed by atoms with van der Waals surface area (Å²) in [7, 11) is 0. The summed E-state index contributed by atoms with van der Waals surface area (Å²) in [5.74, 6) is 0.104. The van der Waals surface area contributed by atoms with Crippen molar-refractivity contribution >= 4 is 16.9 Å². The van der Waals surface area contributed by atoms with Gasteiger partial charge < -0.3 is 15.5 Å². The lowest BCUT2D eigenvalue weighted by Gasteiger charge is -2.17. The zero-order valence-corrected chi connectivity index (χ0v) is 11.3. The van der Waals surface area contributed by atoms with E-state index >= 15 is 0 Å². The largest absolute Gasteiger partial charge is 0.464 e. The number of nitrogens with one attached hydrogen (secondary N) is 1. The first-order chi connectivity index (χ1) is 9.13. The van der Waals surface area contributed by atoms with Gasteiger partial charge in [0.25, 0.3) is 0 Å². The molecule has 0 spiro atoms. The van der Waals surface area contributed by atoms with E-state index in [0.29, 0.717) is 13.1 Å². The van der Waals surface area contributed by atoms with Crippen LogP contribution < -0.4 is 11.1 Å². The van der Waals surface area contributed by atoms with E-state index in [-0.39, 0.29) is 17.7 Å². The van der Waals surface area contributed by atoms with Crippen molar-refractivity contribution in [3.8, 4) is 0 Å². The number of para-hydroxylation sites is 1. The van der Waals surface area contributed by atoms with Crippen LogP contribution in [0.2, 0.25) is 0 Å². The number of fused-ring (bicyclic) bond motifs is 1. The molecule has 1 unspecified atom stereocenters. The number of hydrogen-bond acceptors (Lipinski definition) is 3. The smallest absolute Gasteiger partial charge is 0.224 e. The van der Waals surface area contributed by atoms with Crippen LogP contribution in [0.1, 0.15) is 19.4 Å². The van der Waals surface area contributed by atoms with Crippen LogP contribution in [0.25, 0.3) is 11.0 Å². The van der Waals surface area contributed by atoms with E-state index in [1.807, 2.05) is 38.1 Å². The predicted molar refractivity (Wildman–Crippen MR) is 75.4 cm³/mol. The highest BCUT2D eigenvalue weighted by Gasteiger charge is 2.20. The molecule has 1 amide bonds. The van der Waals surface area contributed by atoms with Gasteiger partial charge in [0.1, 0.15) is 5.58 Å². The fraction of sp³-hybridized carbons (Fsp3) is 0.400. The fourth-order valence-electron chi connectivity index (χ4n) is 2.17. The van der Waals surface area contributed by atoms with Crippen LogP contribution >= 0.6 is 0 Å². The van der Waals surface area contributed by atoms with Crippen molar-refractivity contribution in [3.05, 3.63) is 36.1 Å². The van der Waals surface area contributed by atoms with Gasteiger partial charge in [-0.05, 0) is 12.0 Å². The van der Waals surface area contributed by atoms with Crippen molar-refractivity contribution in [1.82, 2.24) is 5.32 Å². The van der Waals surface area contributed by atoms with Gasteiger partial charge in [0.2, 0.25) is 5.91 Å². The number of nitrogens with two attached hydrogens (primary N) is 1. The maximum absolute atomic E-state index is 12.0. The third-order valence-corrected chi connectivity index (χ3v) is 3.41. The molecular weight excluding hydrogens is 240 g/mol. The molecule has 0 fully saturated rings. The Kier molecular flexibility index (Phi) is 4.22. The van der Waals surface area contributed by atoms with Crippen LogP contribution in [0, 0.1) is 11.8 Å². The second-order valence-electron chi connectivity index (χ2n) is 5.06. The van der Waals surface area contributed by atoms with Crippen molar-refractivity contribution in [2.24, 2.45) is 17.6 Å². The molecule has 0 aliphatic rings. The van der Waals surface area contributed by atoms with Crippen molar-refractivity contribution in [1.29, 1.82) is 0 Å². The zero-order valence-electron chi connectivity index (χ0n) is 11.3. The predicted octanol–water partition coefficient (Wildman–Crippen LogP) is 2.28. The highest BCUT2D eigenvalue weighted by Crippen LogP contribution is 2.20. The zero-order chi connectivity index (χ0) is 13.8. The molecule has 0 radical (unpaired) electrons. The third-order valence-electron chi connectivity index (χ3n) is 3.41. The first-order valence-electron chi connectivity index (χ1n) is 6.56. The summed E-state index contributed by atoms with van der Waals surface area (Å²) < 4.78 is 5.44. The fourth-order valence-corrected chi connectivity index (χ4v) is 2.17. The topological polar surface area (TPSA) is 68.3 Å². The van der Waals surface area contributed by atoms with Crippen LogP contribution in [0.5, 0.6) is 0 Å². The molecular formula is C15H20N2O2. The lowest BCUT2D eigenvalue weighted by molar-refractivity contribution is -0.126. The number of benzene rings is 1. The molecule has 0 saturated carbocycles. The van der Waals surface area contributed by atoms with Crippen LogP contribution in [-0.2, 0) is 11.3 Å². The average Bonchev–Trinajstić information content (AvgIpc) is 2.80. The Morgan fingerprint density at radius 3 is 2.79 bits per heavy atom. The molecule has 2 rings (SSSR count). The quantitative estimate of drug-likeness (QED) is 0.866. The summed E-state index contributed by atoms with van der Waals surface area (Å²) in [5.41, 5.74) is 7.46. The van der Waals surface area contributed by atoms with Crippen LogP contribution in [-0.4, -0.2) is 12.5 Å². The van der Waals surface area contributed by atoms with Gasteiger partial charge >= 0.3 is 0 Å². The molecule has 2 aromatic rings. The van der Waals surface area contributed by atoms with E-state index in [1.165, 1.54) is 0 Å². The van der Waals surface area contributed by atoms with Gasteiger partial charge in [0.15, 0.2) is 0 Å². The minimum Gasteiger partial charge on any atom is -0.464 e. The number of carbonyl (C=O) groups is 1. The maximum atomic E-state index is 12.0. The van der Waals surface area contributed by atoms with Crippen LogP contribution in [0.4, 0.5) is 0 Å². The molecule has 1 aromatic heterocycles. The molecule has 0 aliphatic carbocycles. The van der Waals surface area contributed by atoms with Gasteiger partial charge in [-0.25, -0.2) is 0 Å². The number of furan rings is 1. The van der Waals surface area contributed by atoms with E-state index in [1.54, 1.807) is 6.26 Å². The maximum Gasteiger partial charge on any atom is 0.224 e. The lowest BCUT2D eigenvalue weighted by Crippen LogP contribution is -2.37. The highest BCUT2D eigenvalue weighted by atomic mass is 16.3. The van der Waals surface area contributed by atoms with Crippen molar-refractivity contribution in [2.75, 3.05) is 6.54 Å². The molecule has 1 heterocycles. The molecule has 4 heteroatoms. The summed E-state index contributed by atoms with van der Waals surface area (Å²) in [6.07, 6.45) is 1.69. The van der Waals surface area contributed by atoms with Crippen molar-refractivity contribution < 1.29 is 9.21 Å². The second kappa shape index (κ2) is 5.89. The van der Waals surface area contributed by atoms with Crippen molar-refractivity contribution in [3.63, 3.8) is 0 Å². The van der Waals surface area contributed by atoms with E-state index in [2.05, 4.69) is 5.32 Å². The second-order valence-corrected chi connectivity index (χ2v) is 5.06. The summed E-state index contributed by atoms with van der Waals surface area (Å²) in [6.45, 7) is 4.85. The van der Waals surface area contributed by atoms with Crippen LogP contribution in [0.15, 0.2) is 34.9 Å². The Balaban J connectivity index is 2.04. The minimum atomic E-state index is -0.141. The standard InChI is InChI=1S/C15H20N2O2/c1-10(2)13(7-16)15(18)17-8-11-9-19-14-6-4-3-5-12(11)14/h3-6,9-10,13H,7-8,16H2,1-2H3,(H,17,18). The monoisotopic (exact) mass is 260 g/mol. The Labute approximate surface area is 113 Å². The van der Waals surface area contributed by atoms with Gasteiger partial charge in [0, 0.05) is 24.0 Å². The number of rotatable bonds is 5. The SMILES string of the molecule is CC(C)C(CN)C(=O)NCc1coc2ccccc12. The Morgan fingerprint density at radius 1 is 1.37 bits per heavy atom. The molecule has 102 valence electrons. The number of hydrogen-bond donors (Lipinski definition) is 2. The number of carbonyl (C=O) groups excluding carboxylic acids is 1. The van der Waals surface area contributed by atoms with Gasteiger partial charge in [0.05, 0.1) is 12.2 Å². The first-order valence-corrected chi connectivity index (χ1v) is 6.56. The van der Waals surface area contributed by atoms with Crippen molar-refractivity contribution in [2.45, 2.75) is 20.4 Å². The van der Waals surface area contributed by atoms with Gasteiger partial charge in [-0.1, -0.05) is 32.0 Å². The lowest BCUT2D eigenvalue weighted by atomic mass is 9.95. The molecule has 4 nitrogen and oxygen atoms in total. The Morgan fingerprint density at radius 2 is 2.11 bits per heavy atom. The normalized spacial score (nSPS) is 12.8. The molecule has 1 aromatic carbocycles. The molecule has 0 bridgehead atoms. The molecule has 0 aliphatic heterocycles. The van der Waals surface area contributed by atoms with E-state index in [0.717, 1.165) is 16.5 Å². The van der Waals surface area contributed by atoms with Gasteiger partial charge in [-0.2, -0.15) is 0 Å². The molecule has 19 heavy (non-hydrogen) atoms. The highest BCUT2D eigenvalue weighted by molar-refractivity contribution is 5.82. The van der Waals surface area contributed by atoms with Gasteiger partial charge in [-0.3, -0.25) is 4.79 Å². The molecule has 3 N–H and O–H groups in total. The number of amides is 1. The third kappa shape index (κ3) is 2.96. The van der Waals surface area contributed by atoms with Crippen LogP contribution in [0.3, 0.4) is 0 Å². The summed E-state index contributed by atoms with van der Waals surface area (Å²) in [5, 5.41) is 3.97. The minimum absolute atomic E-state index is 0.00258. The Hall–Kier alpha value is -1.81. The molecule has 0 saturated heterocycles. The molecule has 1 atom stereocenters. The Bertz CT molecular complexity index is 560. The summed E-state index contributed by atoms with van der Waals surface area (Å²) in [6, 6.07) is 7.79. The summed E-state index contributed by atoms with van der Waals surface area (Å²) in [4.78, 5) is 12.0. The summed E-state index contributed by atoms with van der Waals surface area (Å²) >= 11 is 0. The average molecular weight is 260 g/mol.